The maximum absolute atomic E-state index is 11.0. The minimum absolute atomic E-state index is 0.101. The van der Waals surface area contributed by atoms with Gasteiger partial charge in [-0.3, -0.25) is 4.79 Å². The van der Waals surface area contributed by atoms with Crippen molar-refractivity contribution in [1.29, 1.82) is 0 Å². The molecule has 1 saturated carbocycles. The molecule has 0 bridgehead atoms. The first kappa shape index (κ1) is 8.75. The summed E-state index contributed by atoms with van der Waals surface area (Å²) in [7, 11) is 0. The number of ketones is 1. The van der Waals surface area contributed by atoms with Crippen molar-refractivity contribution in [2.24, 2.45) is 0 Å². The Bertz CT molecular complexity index is 248. The van der Waals surface area contributed by atoms with E-state index in [-0.39, 0.29) is 17.9 Å². The van der Waals surface area contributed by atoms with Crippen molar-refractivity contribution in [2.75, 3.05) is 6.61 Å². The van der Waals surface area contributed by atoms with Crippen LogP contribution < -0.4 is 5.32 Å². The SMILES string of the molecule is O=C1C=C(NC2(CO)CCC2)CC1. The zero-order valence-corrected chi connectivity index (χ0v) is 7.68. The van der Waals surface area contributed by atoms with E-state index in [4.69, 9.17) is 0 Å². The van der Waals surface area contributed by atoms with Gasteiger partial charge in [-0.2, -0.15) is 0 Å². The van der Waals surface area contributed by atoms with E-state index in [1.54, 1.807) is 6.08 Å². The van der Waals surface area contributed by atoms with E-state index in [9.17, 15) is 9.90 Å². The van der Waals surface area contributed by atoms with Crippen LogP contribution in [0, 0.1) is 0 Å². The van der Waals surface area contributed by atoms with Gasteiger partial charge in [0.05, 0.1) is 12.1 Å². The lowest BCUT2D eigenvalue weighted by Crippen LogP contribution is -2.53. The number of hydrogen-bond acceptors (Lipinski definition) is 3. The molecule has 0 atom stereocenters. The molecule has 13 heavy (non-hydrogen) atoms. The second kappa shape index (κ2) is 3.14. The number of rotatable bonds is 3. The first-order chi connectivity index (χ1) is 6.24. The van der Waals surface area contributed by atoms with Crippen LogP contribution in [0.4, 0.5) is 0 Å². The van der Waals surface area contributed by atoms with Gasteiger partial charge < -0.3 is 10.4 Å². The molecule has 1 fully saturated rings. The summed E-state index contributed by atoms with van der Waals surface area (Å²) in [5.74, 6) is 0.204. The number of carbonyl (C=O) groups excluding carboxylic acids is 1. The van der Waals surface area contributed by atoms with Crippen molar-refractivity contribution < 1.29 is 9.90 Å². The van der Waals surface area contributed by atoms with E-state index < -0.39 is 0 Å². The number of aliphatic hydroxyl groups excluding tert-OH is 1. The zero-order valence-electron chi connectivity index (χ0n) is 7.68. The molecule has 0 unspecified atom stereocenters. The molecule has 2 aliphatic rings. The Kier molecular flexibility index (Phi) is 2.12. The molecule has 2 rings (SSSR count). The third-order valence-corrected chi connectivity index (χ3v) is 3.02. The predicted molar refractivity (Wildman–Crippen MR) is 49.1 cm³/mol. The summed E-state index contributed by atoms with van der Waals surface area (Å²) in [5, 5.41) is 12.5. The van der Waals surface area contributed by atoms with Gasteiger partial charge in [0.1, 0.15) is 0 Å². The molecule has 0 aromatic carbocycles. The molecule has 0 saturated heterocycles. The second-order valence-corrected chi connectivity index (χ2v) is 4.05. The molecule has 0 spiro atoms. The van der Waals surface area contributed by atoms with Crippen LogP contribution in [-0.4, -0.2) is 23.0 Å². The Labute approximate surface area is 77.8 Å². The third kappa shape index (κ3) is 1.61. The highest BCUT2D eigenvalue weighted by Crippen LogP contribution is 2.33. The van der Waals surface area contributed by atoms with Crippen LogP contribution in [0.5, 0.6) is 0 Å². The van der Waals surface area contributed by atoms with Crippen LogP contribution in [0.1, 0.15) is 32.1 Å². The molecule has 72 valence electrons. The second-order valence-electron chi connectivity index (χ2n) is 4.05. The summed E-state index contributed by atoms with van der Waals surface area (Å²) in [4.78, 5) is 11.0. The van der Waals surface area contributed by atoms with Gasteiger partial charge in [-0.15, -0.1) is 0 Å². The topological polar surface area (TPSA) is 49.3 Å². The highest BCUT2D eigenvalue weighted by atomic mass is 16.3. The van der Waals surface area contributed by atoms with Crippen LogP contribution in [0.15, 0.2) is 11.8 Å². The lowest BCUT2D eigenvalue weighted by molar-refractivity contribution is -0.114. The monoisotopic (exact) mass is 181 g/mol. The Morgan fingerprint density at radius 1 is 1.46 bits per heavy atom. The summed E-state index contributed by atoms with van der Waals surface area (Å²) in [6.07, 6.45) is 6.35. The van der Waals surface area contributed by atoms with Gasteiger partial charge in [0.25, 0.3) is 0 Å². The number of allylic oxidation sites excluding steroid dienone is 2. The minimum Gasteiger partial charge on any atom is -0.394 e. The van der Waals surface area contributed by atoms with Gasteiger partial charge in [0, 0.05) is 18.2 Å². The number of hydrogen-bond donors (Lipinski definition) is 2. The fourth-order valence-corrected chi connectivity index (χ4v) is 1.96. The van der Waals surface area contributed by atoms with Gasteiger partial charge >= 0.3 is 0 Å². The van der Waals surface area contributed by atoms with Crippen molar-refractivity contribution in [3.05, 3.63) is 11.8 Å². The van der Waals surface area contributed by atoms with Crippen LogP contribution >= 0.6 is 0 Å². The zero-order chi connectivity index (χ0) is 9.31. The summed E-state index contributed by atoms with van der Waals surface area (Å²) in [5.41, 5.74) is 0.912. The van der Waals surface area contributed by atoms with Gasteiger partial charge in [-0.25, -0.2) is 0 Å². The van der Waals surface area contributed by atoms with Crippen LogP contribution in [0.2, 0.25) is 0 Å². The van der Waals surface area contributed by atoms with Crippen molar-refractivity contribution in [2.45, 2.75) is 37.6 Å². The van der Waals surface area contributed by atoms with E-state index in [1.165, 1.54) is 6.42 Å². The molecule has 2 N–H and O–H groups in total. The number of aliphatic hydroxyl groups is 1. The maximum Gasteiger partial charge on any atom is 0.157 e. The molecule has 0 aromatic heterocycles. The van der Waals surface area contributed by atoms with E-state index in [1.807, 2.05) is 0 Å². The van der Waals surface area contributed by atoms with Gasteiger partial charge in [0.2, 0.25) is 0 Å². The summed E-state index contributed by atoms with van der Waals surface area (Å²) >= 11 is 0. The van der Waals surface area contributed by atoms with Crippen molar-refractivity contribution >= 4 is 5.78 Å². The van der Waals surface area contributed by atoms with E-state index in [0.29, 0.717) is 6.42 Å². The summed E-state index contributed by atoms with van der Waals surface area (Å²) in [6.45, 7) is 0.179. The van der Waals surface area contributed by atoms with Crippen LogP contribution in [0.25, 0.3) is 0 Å². The standard InChI is InChI=1S/C10H15NO2/c12-7-10(4-1-5-10)11-8-2-3-9(13)6-8/h6,11-12H,1-5,7H2. The van der Waals surface area contributed by atoms with Crippen molar-refractivity contribution in [3.63, 3.8) is 0 Å². The molecular weight excluding hydrogens is 166 g/mol. The third-order valence-electron chi connectivity index (χ3n) is 3.02. The van der Waals surface area contributed by atoms with Crippen molar-refractivity contribution in [3.8, 4) is 0 Å². The molecule has 0 heterocycles. The van der Waals surface area contributed by atoms with E-state index >= 15 is 0 Å². The first-order valence-corrected chi connectivity index (χ1v) is 4.87. The normalized spacial score (nSPS) is 25.3. The highest BCUT2D eigenvalue weighted by Gasteiger charge is 2.37. The largest absolute Gasteiger partial charge is 0.394 e. The lowest BCUT2D eigenvalue weighted by Gasteiger charge is -2.42. The van der Waals surface area contributed by atoms with E-state index in [2.05, 4.69) is 5.32 Å². The smallest absolute Gasteiger partial charge is 0.157 e. The molecule has 0 aliphatic heterocycles. The average molecular weight is 181 g/mol. The Morgan fingerprint density at radius 3 is 2.62 bits per heavy atom. The van der Waals surface area contributed by atoms with Gasteiger partial charge in [-0.1, -0.05) is 0 Å². The van der Waals surface area contributed by atoms with Gasteiger partial charge in [-0.05, 0) is 25.7 Å². The minimum atomic E-state index is -0.101. The molecule has 0 radical (unpaired) electrons. The molecule has 0 aromatic rings. The van der Waals surface area contributed by atoms with Crippen molar-refractivity contribution in [1.82, 2.24) is 5.32 Å². The lowest BCUT2D eigenvalue weighted by atomic mass is 9.77. The first-order valence-electron chi connectivity index (χ1n) is 4.87. The quantitative estimate of drug-likeness (QED) is 0.675. The molecule has 0 amide bonds. The average Bonchev–Trinajstić information content (AvgIpc) is 2.44. The van der Waals surface area contributed by atoms with Gasteiger partial charge in [0.15, 0.2) is 5.78 Å². The van der Waals surface area contributed by atoms with E-state index in [0.717, 1.165) is 25.0 Å². The predicted octanol–water partition coefficient (Wildman–Crippen LogP) is 0.738. The Morgan fingerprint density at radius 2 is 2.23 bits per heavy atom. The van der Waals surface area contributed by atoms with Crippen LogP contribution in [-0.2, 0) is 4.79 Å². The van der Waals surface area contributed by atoms with Crippen LogP contribution in [0.3, 0.4) is 0 Å². The Balaban J connectivity index is 1.96. The molecular formula is C10H15NO2. The molecule has 3 heteroatoms. The summed E-state index contributed by atoms with van der Waals surface area (Å²) in [6, 6.07) is 0. The fraction of sp³-hybridized carbons (Fsp3) is 0.700. The summed E-state index contributed by atoms with van der Waals surface area (Å²) < 4.78 is 0. The Hall–Kier alpha value is -0.830. The number of nitrogens with one attached hydrogen (secondary N) is 1. The highest BCUT2D eigenvalue weighted by molar-refractivity contribution is 5.92. The maximum atomic E-state index is 11.0. The molecule has 2 aliphatic carbocycles. The number of carbonyl (C=O) groups is 1. The molecule has 3 nitrogen and oxygen atoms in total. The fourth-order valence-electron chi connectivity index (χ4n) is 1.96.